The molecule has 0 saturated carbocycles. The molecule has 1 aliphatic rings. The number of aromatic amines is 1. The number of H-pyrrole nitrogens is 1. The van der Waals surface area contributed by atoms with Crippen LogP contribution in [0.5, 0.6) is 0 Å². The number of sulfonamides is 1. The lowest BCUT2D eigenvalue weighted by molar-refractivity contribution is -0.0982. The summed E-state index contributed by atoms with van der Waals surface area (Å²) in [6, 6.07) is 1.19. The minimum absolute atomic E-state index is 0.168. The monoisotopic (exact) mass is 393 g/mol. The van der Waals surface area contributed by atoms with Crippen LogP contribution < -0.4 is 16.1 Å². The fraction of sp³-hybridized carbons (Fsp3) is 0.714. The van der Waals surface area contributed by atoms with Gasteiger partial charge in [0.2, 0.25) is 10.0 Å². The van der Waals surface area contributed by atoms with Crippen molar-refractivity contribution in [2.75, 3.05) is 20.0 Å². The van der Waals surface area contributed by atoms with E-state index in [1.54, 1.807) is 0 Å². The van der Waals surface area contributed by atoms with E-state index in [1.165, 1.54) is 23.9 Å². The lowest BCUT2D eigenvalue weighted by Gasteiger charge is -2.25. The average Bonchev–Trinajstić information content (AvgIpc) is 2.83. The van der Waals surface area contributed by atoms with Crippen LogP contribution in [-0.2, 0) is 29.1 Å². The Hall–Kier alpha value is -1.57. The van der Waals surface area contributed by atoms with E-state index in [9.17, 15) is 18.0 Å². The van der Waals surface area contributed by atoms with E-state index in [2.05, 4.69) is 4.98 Å². The molecule has 1 aliphatic heterocycles. The van der Waals surface area contributed by atoms with Crippen LogP contribution >= 0.6 is 0 Å². The van der Waals surface area contributed by atoms with Crippen LogP contribution in [0.2, 0.25) is 0 Å². The summed E-state index contributed by atoms with van der Waals surface area (Å²) in [5.74, 6) is 0. The summed E-state index contributed by atoms with van der Waals surface area (Å²) in [7, 11) is -2.11. The highest BCUT2D eigenvalue weighted by Crippen LogP contribution is 2.33. The molecule has 12 heteroatoms. The number of methoxy groups -OCH3 is 1. The minimum Gasteiger partial charge on any atom is -0.374 e. The standard InChI is InChI=1S/C14H23N3O8S/c1-8(2)24-11-9(7-23-16-26(4,20)21)25-13(12(11)22-3)17-6-5-10(18)15-14(17)19/h5-6,8-9,11-13,16H,7H2,1-4H3,(H,15,18,19)/t9?,11-,12-,13-/m1/s1. The molecule has 0 radical (unpaired) electrons. The molecule has 11 nitrogen and oxygen atoms in total. The van der Waals surface area contributed by atoms with Gasteiger partial charge in [-0.1, -0.05) is 4.89 Å². The molecule has 26 heavy (non-hydrogen) atoms. The Morgan fingerprint density at radius 1 is 1.35 bits per heavy atom. The number of aromatic nitrogens is 2. The van der Waals surface area contributed by atoms with E-state index in [-0.39, 0.29) is 12.7 Å². The average molecular weight is 393 g/mol. The second-order valence-electron chi connectivity index (χ2n) is 6.10. The molecule has 0 amide bonds. The predicted molar refractivity (Wildman–Crippen MR) is 90.0 cm³/mol. The summed E-state index contributed by atoms with van der Waals surface area (Å²) in [6.45, 7) is 3.47. The first-order valence-electron chi connectivity index (χ1n) is 7.86. The van der Waals surface area contributed by atoms with Gasteiger partial charge in [0.1, 0.15) is 18.3 Å². The Morgan fingerprint density at radius 3 is 2.58 bits per heavy atom. The summed E-state index contributed by atoms with van der Waals surface area (Å²) in [5.41, 5.74) is -1.20. The molecule has 2 rings (SSSR count). The third kappa shape index (κ3) is 5.22. The zero-order chi connectivity index (χ0) is 19.5. The molecule has 1 unspecified atom stereocenters. The van der Waals surface area contributed by atoms with Gasteiger partial charge >= 0.3 is 5.69 Å². The number of nitrogens with one attached hydrogen (secondary N) is 2. The molecule has 148 valence electrons. The van der Waals surface area contributed by atoms with E-state index in [4.69, 9.17) is 19.0 Å². The third-order valence-corrected chi connectivity index (χ3v) is 3.99. The van der Waals surface area contributed by atoms with E-state index in [1.807, 2.05) is 18.7 Å². The maximum absolute atomic E-state index is 12.1. The van der Waals surface area contributed by atoms with Crippen LogP contribution in [0, 0.1) is 0 Å². The van der Waals surface area contributed by atoms with Gasteiger partial charge in [-0.15, -0.1) is 0 Å². The molecule has 0 bridgehead atoms. The molecule has 0 aromatic carbocycles. The van der Waals surface area contributed by atoms with Crippen molar-refractivity contribution in [1.82, 2.24) is 14.4 Å². The number of rotatable bonds is 8. The van der Waals surface area contributed by atoms with Gasteiger partial charge in [0.05, 0.1) is 19.0 Å². The first kappa shape index (κ1) is 20.7. The molecule has 1 fully saturated rings. The highest BCUT2D eigenvalue weighted by Gasteiger charge is 2.47. The van der Waals surface area contributed by atoms with Gasteiger partial charge in [0.15, 0.2) is 6.23 Å². The van der Waals surface area contributed by atoms with Crippen LogP contribution in [0.1, 0.15) is 20.1 Å². The normalized spacial score (nSPS) is 26.5. The molecular formula is C14H23N3O8S. The van der Waals surface area contributed by atoms with E-state index < -0.39 is 45.8 Å². The number of ether oxygens (including phenoxy) is 3. The number of hydrogen-bond acceptors (Lipinski definition) is 8. The van der Waals surface area contributed by atoms with Crippen molar-refractivity contribution in [3.8, 4) is 0 Å². The summed E-state index contributed by atoms with van der Waals surface area (Å²) in [4.78, 5) is 32.4. The summed E-state index contributed by atoms with van der Waals surface area (Å²) < 4.78 is 40.6. The lowest BCUT2D eigenvalue weighted by Crippen LogP contribution is -2.42. The SMILES string of the molecule is CO[C@@H]1[C@H](OC(C)C)C(CONS(C)(=O)=O)O[C@H]1n1ccc(=O)[nH]c1=O. The molecule has 1 aromatic heterocycles. The summed E-state index contributed by atoms with van der Waals surface area (Å²) in [5, 5.41) is 0. The van der Waals surface area contributed by atoms with Gasteiger partial charge in [-0.25, -0.2) is 13.2 Å². The first-order valence-corrected chi connectivity index (χ1v) is 9.75. The molecule has 4 atom stereocenters. The lowest BCUT2D eigenvalue weighted by atomic mass is 10.1. The van der Waals surface area contributed by atoms with Crippen molar-refractivity contribution >= 4 is 10.0 Å². The van der Waals surface area contributed by atoms with Crippen LogP contribution in [-0.4, -0.2) is 62.4 Å². The molecule has 0 aliphatic carbocycles. The van der Waals surface area contributed by atoms with Gasteiger partial charge in [0.25, 0.3) is 5.56 Å². The van der Waals surface area contributed by atoms with E-state index >= 15 is 0 Å². The van der Waals surface area contributed by atoms with Crippen molar-refractivity contribution in [2.45, 2.75) is 44.5 Å². The Bertz CT molecular complexity index is 818. The maximum atomic E-state index is 12.1. The largest absolute Gasteiger partial charge is 0.374 e. The fourth-order valence-electron chi connectivity index (χ4n) is 2.65. The van der Waals surface area contributed by atoms with Gasteiger partial charge in [0, 0.05) is 19.4 Å². The second-order valence-corrected chi connectivity index (χ2v) is 7.81. The second kappa shape index (κ2) is 8.41. The fourth-order valence-corrected chi connectivity index (χ4v) is 2.93. The van der Waals surface area contributed by atoms with Crippen molar-refractivity contribution in [3.63, 3.8) is 0 Å². The smallest absolute Gasteiger partial charge is 0.330 e. The summed E-state index contributed by atoms with van der Waals surface area (Å²) >= 11 is 0. The van der Waals surface area contributed by atoms with Crippen molar-refractivity contribution < 1.29 is 27.5 Å². The first-order chi connectivity index (χ1) is 12.1. The zero-order valence-electron chi connectivity index (χ0n) is 14.9. The van der Waals surface area contributed by atoms with Gasteiger partial charge in [-0.2, -0.15) is 0 Å². The maximum Gasteiger partial charge on any atom is 0.330 e. The van der Waals surface area contributed by atoms with Gasteiger partial charge < -0.3 is 14.2 Å². The highest BCUT2D eigenvalue weighted by molar-refractivity contribution is 7.88. The number of hydrogen-bond donors (Lipinski definition) is 2. The Morgan fingerprint density at radius 2 is 2.04 bits per heavy atom. The number of nitrogens with zero attached hydrogens (tertiary/aromatic N) is 1. The zero-order valence-corrected chi connectivity index (χ0v) is 15.7. The highest BCUT2D eigenvalue weighted by atomic mass is 32.2. The quantitative estimate of drug-likeness (QED) is 0.521. The minimum atomic E-state index is -3.55. The molecule has 1 aromatic rings. The molecule has 1 saturated heterocycles. The molecule has 0 spiro atoms. The summed E-state index contributed by atoms with van der Waals surface area (Å²) in [6.07, 6.45) is -0.871. The van der Waals surface area contributed by atoms with Crippen LogP contribution in [0.4, 0.5) is 0 Å². The van der Waals surface area contributed by atoms with Crippen molar-refractivity contribution in [1.29, 1.82) is 0 Å². The topological polar surface area (TPSA) is 138 Å². The Kier molecular flexibility index (Phi) is 6.71. The Balaban J connectivity index is 2.26. The molecule has 2 heterocycles. The van der Waals surface area contributed by atoms with Gasteiger partial charge in [-0.3, -0.25) is 19.2 Å². The van der Waals surface area contributed by atoms with Crippen LogP contribution in [0.15, 0.2) is 21.9 Å². The van der Waals surface area contributed by atoms with E-state index in [0.717, 1.165) is 6.26 Å². The molecular weight excluding hydrogens is 370 g/mol. The van der Waals surface area contributed by atoms with E-state index in [0.29, 0.717) is 0 Å². The Labute approximate surface area is 150 Å². The van der Waals surface area contributed by atoms with Crippen molar-refractivity contribution in [2.24, 2.45) is 0 Å². The van der Waals surface area contributed by atoms with Crippen LogP contribution in [0.3, 0.4) is 0 Å². The van der Waals surface area contributed by atoms with Crippen molar-refractivity contribution in [3.05, 3.63) is 33.1 Å². The predicted octanol–water partition coefficient (Wildman–Crippen LogP) is -1.28. The molecule has 2 N–H and O–H groups in total. The van der Waals surface area contributed by atoms with Gasteiger partial charge in [-0.05, 0) is 13.8 Å². The third-order valence-electron chi connectivity index (χ3n) is 3.57. The van der Waals surface area contributed by atoms with Crippen LogP contribution in [0.25, 0.3) is 0 Å².